The minimum atomic E-state index is 0.289. The van der Waals surface area contributed by atoms with Gasteiger partial charge in [0.25, 0.3) is 0 Å². The first-order chi connectivity index (χ1) is 8.20. The van der Waals surface area contributed by atoms with Crippen LogP contribution in [0.5, 0.6) is 0 Å². The summed E-state index contributed by atoms with van der Waals surface area (Å²) in [5.41, 5.74) is 0. The van der Waals surface area contributed by atoms with Gasteiger partial charge >= 0.3 is 0 Å². The second-order valence-corrected chi connectivity index (χ2v) is 3.67. The van der Waals surface area contributed by atoms with Crippen molar-refractivity contribution in [1.29, 1.82) is 0 Å². The zero-order valence-corrected chi connectivity index (χ0v) is 11.3. The molecule has 0 N–H and O–H groups in total. The lowest BCUT2D eigenvalue weighted by Crippen LogP contribution is -2.24. The number of ketones is 1. The SMILES string of the molecule is C#C.CC(=O)CN1CCCC1.COCCOC. The van der Waals surface area contributed by atoms with E-state index in [2.05, 4.69) is 27.2 Å². The molecule has 17 heavy (non-hydrogen) atoms. The van der Waals surface area contributed by atoms with Gasteiger partial charge in [-0.25, -0.2) is 0 Å². The standard InChI is InChI=1S/C7H13NO.C4H10O2.C2H2/c1-7(9)6-8-4-2-3-5-8;1-5-3-4-6-2;1-2/h2-6H2,1H3;3-4H2,1-2H3;1-2H. The van der Waals surface area contributed by atoms with Crippen LogP contribution in [0, 0.1) is 12.8 Å². The first kappa shape index (κ1) is 18.5. The molecule has 1 aliphatic rings. The summed E-state index contributed by atoms with van der Waals surface area (Å²) < 4.78 is 9.31. The predicted molar refractivity (Wildman–Crippen MR) is 70.0 cm³/mol. The molecule has 0 saturated carbocycles. The molecule has 1 fully saturated rings. The summed E-state index contributed by atoms with van der Waals surface area (Å²) in [6, 6.07) is 0. The lowest BCUT2D eigenvalue weighted by molar-refractivity contribution is -0.117. The van der Waals surface area contributed by atoms with Crippen molar-refractivity contribution in [2.75, 3.05) is 47.1 Å². The number of carbonyl (C=O) groups is 1. The number of rotatable bonds is 5. The van der Waals surface area contributed by atoms with E-state index in [0.29, 0.717) is 19.8 Å². The van der Waals surface area contributed by atoms with Crippen molar-refractivity contribution in [1.82, 2.24) is 4.90 Å². The van der Waals surface area contributed by atoms with Crippen molar-refractivity contribution in [3.8, 4) is 12.8 Å². The molecule has 1 heterocycles. The summed E-state index contributed by atoms with van der Waals surface area (Å²) in [6.07, 6.45) is 10.5. The lowest BCUT2D eigenvalue weighted by Gasteiger charge is -2.10. The zero-order chi connectivity index (χ0) is 13.5. The van der Waals surface area contributed by atoms with E-state index in [1.165, 1.54) is 12.8 Å². The second-order valence-electron chi connectivity index (χ2n) is 3.67. The number of terminal acetylenes is 1. The van der Waals surface area contributed by atoms with Crippen molar-refractivity contribution >= 4 is 5.78 Å². The van der Waals surface area contributed by atoms with E-state index in [1.807, 2.05) is 0 Å². The van der Waals surface area contributed by atoms with Crippen LogP contribution in [0.25, 0.3) is 0 Å². The van der Waals surface area contributed by atoms with E-state index >= 15 is 0 Å². The molecule has 0 aromatic rings. The summed E-state index contributed by atoms with van der Waals surface area (Å²) in [5.74, 6) is 0.289. The summed E-state index contributed by atoms with van der Waals surface area (Å²) >= 11 is 0. The molecule has 0 aromatic carbocycles. The number of hydrogen-bond donors (Lipinski definition) is 0. The first-order valence-electron chi connectivity index (χ1n) is 5.73. The predicted octanol–water partition coefficient (Wildman–Crippen LogP) is 1.20. The van der Waals surface area contributed by atoms with Gasteiger partial charge in [0.1, 0.15) is 5.78 Å². The highest BCUT2D eigenvalue weighted by atomic mass is 16.5. The molecule has 1 aliphatic heterocycles. The fourth-order valence-corrected chi connectivity index (χ4v) is 1.42. The highest BCUT2D eigenvalue weighted by molar-refractivity contribution is 5.77. The van der Waals surface area contributed by atoms with Crippen molar-refractivity contribution < 1.29 is 14.3 Å². The Balaban J connectivity index is 0. The van der Waals surface area contributed by atoms with Crippen molar-refractivity contribution in [2.24, 2.45) is 0 Å². The number of methoxy groups -OCH3 is 2. The molecular formula is C13H25NO3. The number of nitrogens with zero attached hydrogens (tertiary/aromatic N) is 1. The number of hydrogen-bond acceptors (Lipinski definition) is 4. The van der Waals surface area contributed by atoms with E-state index in [4.69, 9.17) is 0 Å². The van der Waals surface area contributed by atoms with Crippen molar-refractivity contribution in [2.45, 2.75) is 19.8 Å². The number of carbonyl (C=O) groups excluding carboxylic acids is 1. The molecule has 1 rings (SSSR count). The van der Waals surface area contributed by atoms with Crippen LogP contribution in [-0.4, -0.2) is 57.8 Å². The fourth-order valence-electron chi connectivity index (χ4n) is 1.42. The van der Waals surface area contributed by atoms with Gasteiger partial charge in [-0.2, -0.15) is 0 Å². The first-order valence-corrected chi connectivity index (χ1v) is 5.73. The minimum Gasteiger partial charge on any atom is -0.382 e. The van der Waals surface area contributed by atoms with Crippen LogP contribution in [-0.2, 0) is 14.3 Å². The third-order valence-electron chi connectivity index (χ3n) is 2.14. The van der Waals surface area contributed by atoms with Crippen LogP contribution in [0.3, 0.4) is 0 Å². The van der Waals surface area contributed by atoms with Crippen LogP contribution in [0.4, 0.5) is 0 Å². The molecule has 0 spiro atoms. The number of likely N-dealkylation sites (tertiary alicyclic amines) is 1. The Morgan fingerprint density at radius 1 is 1.12 bits per heavy atom. The van der Waals surface area contributed by atoms with Crippen LogP contribution in [0.2, 0.25) is 0 Å². The zero-order valence-electron chi connectivity index (χ0n) is 11.3. The third kappa shape index (κ3) is 15.1. The molecule has 0 unspecified atom stereocenters. The Kier molecular flexibility index (Phi) is 16.4. The van der Waals surface area contributed by atoms with Crippen LogP contribution in [0.1, 0.15) is 19.8 Å². The van der Waals surface area contributed by atoms with Gasteiger partial charge in [-0.15, -0.1) is 12.8 Å². The summed E-state index contributed by atoms with van der Waals surface area (Å²) in [5, 5.41) is 0. The van der Waals surface area contributed by atoms with Gasteiger partial charge in [-0.1, -0.05) is 0 Å². The van der Waals surface area contributed by atoms with Crippen molar-refractivity contribution in [3.63, 3.8) is 0 Å². The van der Waals surface area contributed by atoms with Crippen LogP contribution in [0.15, 0.2) is 0 Å². The molecule has 100 valence electrons. The van der Waals surface area contributed by atoms with E-state index in [9.17, 15) is 4.79 Å². The van der Waals surface area contributed by atoms with Gasteiger partial charge in [0, 0.05) is 14.2 Å². The third-order valence-corrected chi connectivity index (χ3v) is 2.14. The molecule has 4 heteroatoms. The monoisotopic (exact) mass is 243 g/mol. The van der Waals surface area contributed by atoms with Gasteiger partial charge in [-0.05, 0) is 32.9 Å². The molecule has 1 saturated heterocycles. The Hall–Kier alpha value is -0.890. The average Bonchev–Trinajstić information content (AvgIpc) is 2.82. The summed E-state index contributed by atoms with van der Waals surface area (Å²) in [4.78, 5) is 12.8. The average molecular weight is 243 g/mol. The molecule has 0 atom stereocenters. The Bertz CT molecular complexity index is 182. The fraction of sp³-hybridized carbons (Fsp3) is 0.769. The molecule has 0 amide bonds. The van der Waals surface area contributed by atoms with E-state index in [1.54, 1.807) is 21.1 Å². The van der Waals surface area contributed by atoms with Crippen LogP contribution >= 0.6 is 0 Å². The highest BCUT2D eigenvalue weighted by Gasteiger charge is 2.11. The van der Waals surface area contributed by atoms with Gasteiger partial charge < -0.3 is 9.47 Å². The van der Waals surface area contributed by atoms with E-state index in [-0.39, 0.29) is 5.78 Å². The van der Waals surface area contributed by atoms with Gasteiger partial charge in [0.2, 0.25) is 0 Å². The lowest BCUT2D eigenvalue weighted by atomic mass is 10.4. The van der Waals surface area contributed by atoms with Gasteiger partial charge in [0.15, 0.2) is 0 Å². The second kappa shape index (κ2) is 15.1. The van der Waals surface area contributed by atoms with E-state index in [0.717, 1.165) is 13.1 Å². The van der Waals surface area contributed by atoms with Crippen LogP contribution < -0.4 is 0 Å². The molecule has 4 nitrogen and oxygen atoms in total. The highest BCUT2D eigenvalue weighted by Crippen LogP contribution is 2.05. The smallest absolute Gasteiger partial charge is 0.143 e. The van der Waals surface area contributed by atoms with Gasteiger partial charge in [0.05, 0.1) is 19.8 Å². The number of ether oxygens (including phenoxy) is 2. The molecule has 0 radical (unpaired) electrons. The Morgan fingerprint density at radius 3 is 1.82 bits per heavy atom. The number of Topliss-reactive ketones (excluding diaryl/α,β-unsaturated/α-hetero) is 1. The largest absolute Gasteiger partial charge is 0.382 e. The maximum absolute atomic E-state index is 10.6. The molecule has 0 aromatic heterocycles. The quantitative estimate of drug-likeness (QED) is 0.537. The normalized spacial score (nSPS) is 14.2. The summed E-state index contributed by atoms with van der Waals surface area (Å²) in [7, 11) is 3.30. The maximum Gasteiger partial charge on any atom is 0.143 e. The van der Waals surface area contributed by atoms with Crippen molar-refractivity contribution in [3.05, 3.63) is 0 Å². The van der Waals surface area contributed by atoms with Gasteiger partial charge in [-0.3, -0.25) is 9.69 Å². The molecule has 0 aliphatic carbocycles. The molecular weight excluding hydrogens is 218 g/mol. The topological polar surface area (TPSA) is 38.8 Å². The maximum atomic E-state index is 10.6. The molecule has 0 bridgehead atoms. The summed E-state index contributed by atoms with van der Waals surface area (Å²) in [6.45, 7) is 5.95. The van der Waals surface area contributed by atoms with E-state index < -0.39 is 0 Å². The Morgan fingerprint density at radius 2 is 1.53 bits per heavy atom. The Labute approximate surface area is 105 Å². The minimum absolute atomic E-state index is 0.289.